The van der Waals surface area contributed by atoms with Crippen LogP contribution in [0.2, 0.25) is 0 Å². The lowest BCUT2D eigenvalue weighted by atomic mass is 10.1. The van der Waals surface area contributed by atoms with Gasteiger partial charge in [0.05, 0.1) is 13.2 Å². The molecule has 7 nitrogen and oxygen atoms in total. The van der Waals surface area contributed by atoms with E-state index >= 15 is 0 Å². The molecule has 0 saturated carbocycles. The Kier molecular flexibility index (Phi) is 5.64. The first-order chi connectivity index (χ1) is 13.6. The molecule has 0 unspecified atom stereocenters. The normalized spacial score (nSPS) is 18.0. The molecule has 2 aromatic rings. The van der Waals surface area contributed by atoms with E-state index in [4.69, 9.17) is 13.9 Å². The van der Waals surface area contributed by atoms with Gasteiger partial charge in [0.15, 0.2) is 6.10 Å². The van der Waals surface area contributed by atoms with E-state index in [1.165, 1.54) is 0 Å². The minimum atomic E-state index is -0.636. The van der Waals surface area contributed by atoms with Crippen LogP contribution in [0.1, 0.15) is 24.5 Å². The number of nitrogens with one attached hydrogen (secondary N) is 1. The monoisotopic (exact) mass is 386 g/mol. The highest BCUT2D eigenvalue weighted by atomic mass is 16.5. The Labute approximate surface area is 163 Å². The standard InChI is InChI=1S/C21H26N2O5/c1-14(20(24)22-7-8-23-9-11-26-12-10-23)27-15-5-6-17-16-3-2-4-18(16)21(25)28-19(17)13-15/h5-6,13-14H,2-4,7-12H2,1H3,(H,22,24)/t14-/m1/s1. The maximum absolute atomic E-state index is 12.3. The second-order valence-corrected chi connectivity index (χ2v) is 7.36. The summed E-state index contributed by atoms with van der Waals surface area (Å²) in [7, 11) is 0. The van der Waals surface area contributed by atoms with Crippen LogP contribution in [0.4, 0.5) is 0 Å². The number of carbonyl (C=O) groups is 1. The molecule has 4 rings (SSSR count). The van der Waals surface area contributed by atoms with Crippen LogP contribution < -0.4 is 15.7 Å². The van der Waals surface area contributed by atoms with Crippen LogP contribution in [-0.2, 0) is 22.4 Å². The maximum Gasteiger partial charge on any atom is 0.339 e. The molecule has 1 aromatic heterocycles. The smallest absolute Gasteiger partial charge is 0.339 e. The van der Waals surface area contributed by atoms with Crippen molar-refractivity contribution >= 4 is 16.9 Å². The topological polar surface area (TPSA) is 81.0 Å². The van der Waals surface area contributed by atoms with E-state index in [2.05, 4.69) is 10.2 Å². The molecule has 1 atom stereocenters. The van der Waals surface area contributed by atoms with Crippen LogP contribution in [0.3, 0.4) is 0 Å². The molecule has 1 N–H and O–H groups in total. The molecule has 1 aromatic carbocycles. The summed E-state index contributed by atoms with van der Waals surface area (Å²) in [6, 6.07) is 5.45. The zero-order valence-electron chi connectivity index (χ0n) is 16.2. The second-order valence-electron chi connectivity index (χ2n) is 7.36. The number of hydrogen-bond acceptors (Lipinski definition) is 6. The summed E-state index contributed by atoms with van der Waals surface area (Å²) in [5.74, 6) is 0.355. The third kappa shape index (κ3) is 4.05. The van der Waals surface area contributed by atoms with E-state index in [0.717, 1.165) is 68.6 Å². The third-order valence-electron chi connectivity index (χ3n) is 5.46. The van der Waals surface area contributed by atoms with Crippen molar-refractivity contribution in [3.63, 3.8) is 0 Å². The molecule has 0 radical (unpaired) electrons. The fraction of sp³-hybridized carbons (Fsp3) is 0.524. The number of amides is 1. The Morgan fingerprint density at radius 3 is 2.86 bits per heavy atom. The quantitative estimate of drug-likeness (QED) is 0.758. The van der Waals surface area contributed by atoms with E-state index in [1.54, 1.807) is 13.0 Å². The van der Waals surface area contributed by atoms with Gasteiger partial charge >= 0.3 is 5.63 Å². The Bertz CT molecular complexity index is 917. The van der Waals surface area contributed by atoms with E-state index < -0.39 is 6.10 Å². The summed E-state index contributed by atoms with van der Waals surface area (Å²) in [6.07, 6.45) is 2.04. The van der Waals surface area contributed by atoms with Crippen molar-refractivity contribution in [3.8, 4) is 5.75 Å². The minimum Gasteiger partial charge on any atom is -0.481 e. The first-order valence-corrected chi connectivity index (χ1v) is 9.95. The molecule has 0 spiro atoms. The van der Waals surface area contributed by atoms with Crippen LogP contribution in [-0.4, -0.2) is 56.3 Å². The van der Waals surface area contributed by atoms with Crippen LogP contribution >= 0.6 is 0 Å². The lowest BCUT2D eigenvalue weighted by Crippen LogP contribution is -2.43. The van der Waals surface area contributed by atoms with Crippen molar-refractivity contribution in [2.24, 2.45) is 0 Å². The lowest BCUT2D eigenvalue weighted by molar-refractivity contribution is -0.127. The molecule has 1 fully saturated rings. The molecule has 1 amide bonds. The number of ether oxygens (including phenoxy) is 2. The highest BCUT2D eigenvalue weighted by molar-refractivity contribution is 5.84. The Morgan fingerprint density at radius 2 is 2.04 bits per heavy atom. The molecule has 2 aliphatic rings. The molecular weight excluding hydrogens is 360 g/mol. The van der Waals surface area contributed by atoms with Crippen molar-refractivity contribution in [2.45, 2.75) is 32.3 Å². The first-order valence-electron chi connectivity index (χ1n) is 9.95. The number of aryl methyl sites for hydroxylation is 1. The fourth-order valence-corrected chi connectivity index (χ4v) is 3.90. The highest BCUT2D eigenvalue weighted by Crippen LogP contribution is 2.29. The molecule has 2 heterocycles. The zero-order valence-corrected chi connectivity index (χ0v) is 16.2. The van der Waals surface area contributed by atoms with Crippen molar-refractivity contribution in [1.82, 2.24) is 10.2 Å². The van der Waals surface area contributed by atoms with E-state index in [1.807, 2.05) is 12.1 Å². The van der Waals surface area contributed by atoms with Crippen molar-refractivity contribution in [1.29, 1.82) is 0 Å². The number of hydrogen-bond donors (Lipinski definition) is 1. The summed E-state index contributed by atoms with van der Waals surface area (Å²) in [6.45, 7) is 6.37. The van der Waals surface area contributed by atoms with E-state index in [9.17, 15) is 9.59 Å². The van der Waals surface area contributed by atoms with E-state index in [-0.39, 0.29) is 11.5 Å². The van der Waals surface area contributed by atoms with Gasteiger partial charge in [-0.3, -0.25) is 9.69 Å². The third-order valence-corrected chi connectivity index (χ3v) is 5.46. The lowest BCUT2D eigenvalue weighted by Gasteiger charge is -2.26. The molecule has 28 heavy (non-hydrogen) atoms. The van der Waals surface area contributed by atoms with Crippen LogP contribution in [0.25, 0.3) is 11.0 Å². The van der Waals surface area contributed by atoms with Gasteiger partial charge in [-0.05, 0) is 43.9 Å². The number of nitrogens with zero attached hydrogens (tertiary/aromatic N) is 1. The van der Waals surface area contributed by atoms with Gasteiger partial charge in [0.2, 0.25) is 0 Å². The maximum atomic E-state index is 12.3. The SMILES string of the molecule is C[C@@H](Oc1ccc2c3c(c(=O)oc2c1)CCC3)C(=O)NCCN1CCOCC1. The summed E-state index contributed by atoms with van der Waals surface area (Å²) < 4.78 is 16.6. The zero-order chi connectivity index (χ0) is 19.5. The minimum absolute atomic E-state index is 0.163. The average Bonchev–Trinajstić information content (AvgIpc) is 3.19. The molecule has 1 aliphatic heterocycles. The Hall–Kier alpha value is -2.38. The van der Waals surface area contributed by atoms with Crippen molar-refractivity contribution < 1.29 is 18.7 Å². The number of fused-ring (bicyclic) bond motifs is 3. The fourth-order valence-electron chi connectivity index (χ4n) is 3.90. The summed E-state index contributed by atoms with van der Waals surface area (Å²) in [5, 5.41) is 3.87. The highest BCUT2D eigenvalue weighted by Gasteiger charge is 2.21. The largest absolute Gasteiger partial charge is 0.481 e. The van der Waals surface area contributed by atoms with Crippen LogP contribution in [0.15, 0.2) is 27.4 Å². The molecule has 1 aliphatic carbocycles. The Morgan fingerprint density at radius 1 is 1.25 bits per heavy atom. The Balaban J connectivity index is 1.36. The predicted molar refractivity (Wildman–Crippen MR) is 105 cm³/mol. The summed E-state index contributed by atoms with van der Waals surface area (Å²) in [5.41, 5.74) is 2.15. The van der Waals surface area contributed by atoms with Gasteiger partial charge in [0.25, 0.3) is 5.91 Å². The summed E-state index contributed by atoms with van der Waals surface area (Å²) in [4.78, 5) is 26.7. The average molecular weight is 386 g/mol. The summed E-state index contributed by atoms with van der Waals surface area (Å²) >= 11 is 0. The van der Waals surface area contributed by atoms with Gasteiger partial charge in [0.1, 0.15) is 11.3 Å². The molecular formula is C21H26N2O5. The number of carbonyl (C=O) groups excluding carboxylic acids is 1. The predicted octanol–water partition coefficient (Wildman–Crippen LogP) is 1.50. The van der Waals surface area contributed by atoms with Gasteiger partial charge in [-0.2, -0.15) is 0 Å². The number of rotatable bonds is 6. The molecule has 0 bridgehead atoms. The molecule has 7 heteroatoms. The van der Waals surface area contributed by atoms with Gasteiger partial charge in [-0.15, -0.1) is 0 Å². The first kappa shape index (κ1) is 19.0. The van der Waals surface area contributed by atoms with Gasteiger partial charge in [-0.1, -0.05) is 0 Å². The van der Waals surface area contributed by atoms with Crippen molar-refractivity contribution in [2.75, 3.05) is 39.4 Å². The number of benzene rings is 1. The van der Waals surface area contributed by atoms with Gasteiger partial charge < -0.3 is 19.2 Å². The van der Waals surface area contributed by atoms with Crippen LogP contribution in [0, 0.1) is 0 Å². The molecule has 1 saturated heterocycles. The molecule has 150 valence electrons. The van der Waals surface area contributed by atoms with Gasteiger partial charge in [0, 0.05) is 43.2 Å². The van der Waals surface area contributed by atoms with Crippen LogP contribution in [0.5, 0.6) is 5.75 Å². The number of morpholine rings is 1. The van der Waals surface area contributed by atoms with Gasteiger partial charge in [-0.25, -0.2) is 4.79 Å². The van der Waals surface area contributed by atoms with E-state index in [0.29, 0.717) is 17.9 Å². The second kappa shape index (κ2) is 8.32. The van der Waals surface area contributed by atoms with Crippen molar-refractivity contribution in [3.05, 3.63) is 39.7 Å².